The van der Waals surface area contributed by atoms with Crippen LogP contribution in [0.1, 0.15) is 76.2 Å². The maximum absolute atomic E-state index is 10.1. The molecule has 0 amide bonds. The molecule has 238 valence electrons. The maximum atomic E-state index is 10.1. The summed E-state index contributed by atoms with van der Waals surface area (Å²) in [6.07, 6.45) is 33.8. The van der Waals surface area contributed by atoms with Crippen LogP contribution in [-0.2, 0) is 0 Å². The van der Waals surface area contributed by atoms with Crippen LogP contribution in [0.4, 0.5) is 0 Å². The molecule has 0 bridgehead atoms. The average molecular weight is 597 g/mol. The highest BCUT2D eigenvalue weighted by Crippen LogP contribution is 2.20. The molecule has 0 saturated carbocycles. The molecule has 0 aromatic rings. The van der Waals surface area contributed by atoms with Crippen LogP contribution < -0.4 is 0 Å². The largest absolute Gasteiger partial charge is 0.388 e. The van der Waals surface area contributed by atoms with Gasteiger partial charge >= 0.3 is 0 Å². The van der Waals surface area contributed by atoms with Crippen molar-refractivity contribution in [2.45, 2.75) is 94.0 Å². The van der Waals surface area contributed by atoms with Gasteiger partial charge in [0.15, 0.2) is 0 Å². The molecule has 3 nitrogen and oxygen atoms in total. The molecule has 0 aliphatic carbocycles. The minimum Gasteiger partial charge on any atom is -0.388 e. The summed E-state index contributed by atoms with van der Waals surface area (Å²) in [4.78, 5) is 0. The van der Waals surface area contributed by atoms with Crippen molar-refractivity contribution in [3.8, 4) is 11.8 Å². The molecule has 0 aliphatic rings. The summed E-state index contributed by atoms with van der Waals surface area (Å²) in [5, 5.41) is 29.8. The summed E-state index contributed by atoms with van der Waals surface area (Å²) >= 11 is 0. The summed E-state index contributed by atoms with van der Waals surface area (Å²) in [5.74, 6) is 6.17. The smallest absolute Gasteiger partial charge is 0.101 e. The number of hydrogen-bond acceptors (Lipinski definition) is 3. The molecule has 0 fully saturated rings. The lowest BCUT2D eigenvalue weighted by Gasteiger charge is -2.22. The van der Waals surface area contributed by atoms with Crippen LogP contribution in [0, 0.1) is 17.3 Å². The van der Waals surface area contributed by atoms with Gasteiger partial charge < -0.3 is 15.3 Å². The van der Waals surface area contributed by atoms with E-state index in [1.54, 1.807) is 26.0 Å². The molecule has 0 rings (SSSR count). The minimum absolute atomic E-state index is 0.162. The second-order valence-corrected chi connectivity index (χ2v) is 12.8. The molecule has 0 heterocycles. The summed E-state index contributed by atoms with van der Waals surface area (Å²) in [6, 6.07) is 0. The van der Waals surface area contributed by atoms with Gasteiger partial charge in [0.25, 0.3) is 0 Å². The molecule has 0 aromatic carbocycles. The number of aliphatic hydroxyl groups excluding tert-OH is 2. The number of aliphatic hydroxyl groups is 3. The van der Waals surface area contributed by atoms with Gasteiger partial charge in [-0.1, -0.05) is 152 Å². The third-order valence-electron chi connectivity index (χ3n) is 6.25. The molecule has 0 unspecified atom stereocenters. The second-order valence-electron chi connectivity index (χ2n) is 12.8. The van der Waals surface area contributed by atoms with E-state index >= 15 is 0 Å². The quantitative estimate of drug-likeness (QED) is 0.147. The van der Waals surface area contributed by atoms with Crippen molar-refractivity contribution in [2.75, 3.05) is 0 Å². The number of allylic oxidation sites excluding steroid dienone is 22. The Labute approximate surface area is 268 Å². The fourth-order valence-corrected chi connectivity index (χ4v) is 3.05. The Morgan fingerprint density at radius 3 is 1.09 bits per heavy atom. The maximum Gasteiger partial charge on any atom is 0.101 e. The zero-order valence-corrected chi connectivity index (χ0v) is 28.9. The zero-order valence-electron chi connectivity index (χ0n) is 28.9. The van der Waals surface area contributed by atoms with Crippen LogP contribution in [0.15, 0.2) is 143 Å². The molecule has 0 radical (unpaired) electrons. The van der Waals surface area contributed by atoms with E-state index in [2.05, 4.69) is 30.9 Å². The summed E-state index contributed by atoms with van der Waals surface area (Å²) < 4.78 is 0. The Bertz CT molecular complexity index is 1230. The topological polar surface area (TPSA) is 60.7 Å². The first-order valence-electron chi connectivity index (χ1n) is 15.1. The SMILES string of the molecule is CC(/C=C/C=C(C)/C=C/C=C(C)/C=C/[C@@H](O)C(C)(C)C)=C\C#C/C=C(C)/C=C/C=C(C)/C=C/C=C(C)/C=C/[C@@H](O)C(C)(C)O. The predicted molar refractivity (Wildman–Crippen MR) is 193 cm³/mol. The highest BCUT2D eigenvalue weighted by atomic mass is 16.3. The molecule has 0 aliphatic heterocycles. The molecule has 3 heteroatoms. The van der Waals surface area contributed by atoms with E-state index < -0.39 is 17.8 Å². The summed E-state index contributed by atoms with van der Waals surface area (Å²) in [7, 11) is 0. The molecule has 0 aromatic heterocycles. The van der Waals surface area contributed by atoms with E-state index in [0.717, 1.165) is 33.4 Å². The highest BCUT2D eigenvalue weighted by Gasteiger charge is 2.21. The monoisotopic (exact) mass is 596 g/mol. The molecule has 0 saturated heterocycles. The van der Waals surface area contributed by atoms with Gasteiger partial charge in [-0.05, 0) is 84.1 Å². The van der Waals surface area contributed by atoms with Crippen molar-refractivity contribution in [1.82, 2.24) is 0 Å². The van der Waals surface area contributed by atoms with Crippen molar-refractivity contribution in [3.63, 3.8) is 0 Å². The third kappa shape index (κ3) is 21.9. The molecule has 44 heavy (non-hydrogen) atoms. The molecule has 0 spiro atoms. The van der Waals surface area contributed by atoms with Crippen LogP contribution in [0.25, 0.3) is 0 Å². The van der Waals surface area contributed by atoms with Crippen LogP contribution in [-0.4, -0.2) is 33.1 Å². The minimum atomic E-state index is -1.16. The Hall–Kier alpha value is -3.68. The first-order valence-corrected chi connectivity index (χ1v) is 15.1. The van der Waals surface area contributed by atoms with E-state index in [1.165, 1.54) is 0 Å². The summed E-state index contributed by atoms with van der Waals surface area (Å²) in [5.41, 5.74) is 5.12. The Kier molecular flexibility index (Phi) is 19.3. The lowest BCUT2D eigenvalue weighted by atomic mass is 9.89. The summed E-state index contributed by atoms with van der Waals surface area (Å²) in [6.45, 7) is 21.3. The van der Waals surface area contributed by atoms with E-state index in [0.29, 0.717) is 0 Å². The molecule has 3 N–H and O–H groups in total. The molecular weight excluding hydrogens is 540 g/mol. The van der Waals surface area contributed by atoms with Gasteiger partial charge in [-0.25, -0.2) is 0 Å². The van der Waals surface area contributed by atoms with Gasteiger partial charge in [-0.15, -0.1) is 0 Å². The van der Waals surface area contributed by atoms with Crippen molar-refractivity contribution in [1.29, 1.82) is 0 Å². The van der Waals surface area contributed by atoms with E-state index in [-0.39, 0.29) is 5.41 Å². The van der Waals surface area contributed by atoms with E-state index in [1.807, 2.05) is 140 Å². The fourth-order valence-electron chi connectivity index (χ4n) is 3.05. The first kappa shape index (κ1) is 40.3. The Morgan fingerprint density at radius 1 is 0.477 bits per heavy atom. The van der Waals surface area contributed by atoms with Crippen molar-refractivity contribution in [3.05, 3.63) is 143 Å². The zero-order chi connectivity index (χ0) is 33.8. The number of hydrogen-bond donors (Lipinski definition) is 3. The predicted octanol–water partition coefficient (Wildman–Crippen LogP) is 9.54. The average Bonchev–Trinajstić information content (AvgIpc) is 2.91. The van der Waals surface area contributed by atoms with Gasteiger partial charge in [0.05, 0.1) is 11.7 Å². The van der Waals surface area contributed by atoms with Gasteiger partial charge in [-0.3, -0.25) is 0 Å². The Balaban J connectivity index is 4.92. The highest BCUT2D eigenvalue weighted by molar-refractivity contribution is 5.37. The normalized spacial score (nSPS) is 17.2. The van der Waals surface area contributed by atoms with Crippen molar-refractivity contribution in [2.24, 2.45) is 5.41 Å². The lowest BCUT2D eigenvalue weighted by molar-refractivity contribution is -0.0226. The Morgan fingerprint density at radius 2 is 0.773 bits per heavy atom. The van der Waals surface area contributed by atoms with Crippen LogP contribution in [0.5, 0.6) is 0 Å². The van der Waals surface area contributed by atoms with Crippen LogP contribution in [0.3, 0.4) is 0 Å². The first-order chi connectivity index (χ1) is 20.4. The van der Waals surface area contributed by atoms with E-state index in [4.69, 9.17) is 0 Å². The molecular formula is C41H56O3. The van der Waals surface area contributed by atoms with Gasteiger partial charge in [0.2, 0.25) is 0 Å². The fraction of sp³-hybridized carbons (Fsp3) is 0.366. The second kappa shape index (κ2) is 21.1. The lowest BCUT2D eigenvalue weighted by Crippen LogP contribution is -2.34. The van der Waals surface area contributed by atoms with Gasteiger partial charge in [-0.2, -0.15) is 0 Å². The standard InChI is InChI=1S/C41H56O3/c1-32(20-14-22-34(3)24-16-26-36(5)28-30-38(42)40(7,8)9)18-12-13-19-33(2)21-15-23-35(4)25-17-27-37(6)29-31-39(43)41(10,11)44/h14-31,38-39,42-44H,1-11H3/b20-14+,21-15+,24-16+,25-17+,30-28+,31-29+,32-18+,33-19+,34-22+,35-23+,36-26+,37-27+/t38-,39-/m1/s1. The van der Waals surface area contributed by atoms with Crippen molar-refractivity contribution >= 4 is 0 Å². The number of rotatable bonds is 13. The van der Waals surface area contributed by atoms with Gasteiger partial charge in [0, 0.05) is 0 Å². The molecule has 2 atom stereocenters. The van der Waals surface area contributed by atoms with Crippen LogP contribution in [0.2, 0.25) is 0 Å². The van der Waals surface area contributed by atoms with Gasteiger partial charge in [0.1, 0.15) is 6.10 Å². The third-order valence-corrected chi connectivity index (χ3v) is 6.25. The van der Waals surface area contributed by atoms with Crippen LogP contribution >= 0.6 is 0 Å². The van der Waals surface area contributed by atoms with E-state index in [9.17, 15) is 15.3 Å². The van der Waals surface area contributed by atoms with Crippen molar-refractivity contribution < 1.29 is 15.3 Å².